The van der Waals surface area contributed by atoms with E-state index in [0.717, 1.165) is 11.3 Å². The Bertz CT molecular complexity index is 569. The van der Waals surface area contributed by atoms with Gasteiger partial charge < -0.3 is 5.43 Å². The summed E-state index contributed by atoms with van der Waals surface area (Å²) in [5.41, 5.74) is 4.28. The van der Waals surface area contributed by atoms with Crippen molar-refractivity contribution < 1.29 is 4.39 Å². The predicted octanol–water partition coefficient (Wildman–Crippen LogP) is 2.62. The van der Waals surface area contributed by atoms with Crippen LogP contribution in [-0.2, 0) is 6.42 Å². The molecular formula is C14H17FN4. The Morgan fingerprint density at radius 3 is 2.68 bits per heavy atom. The van der Waals surface area contributed by atoms with E-state index in [1.807, 2.05) is 12.1 Å². The first-order valence-electron chi connectivity index (χ1n) is 6.17. The van der Waals surface area contributed by atoms with Gasteiger partial charge in [-0.1, -0.05) is 26.0 Å². The second-order valence-corrected chi connectivity index (χ2v) is 4.70. The zero-order chi connectivity index (χ0) is 13.8. The molecular weight excluding hydrogens is 243 g/mol. The SMILES string of the molecule is CC(C)c1cc(NN)nc(Cc2cccc(F)c2)n1. The van der Waals surface area contributed by atoms with E-state index in [9.17, 15) is 4.39 Å². The molecule has 2 rings (SSSR count). The molecule has 0 bridgehead atoms. The number of anilines is 1. The summed E-state index contributed by atoms with van der Waals surface area (Å²) in [6.45, 7) is 4.10. The molecule has 0 atom stereocenters. The van der Waals surface area contributed by atoms with Crippen molar-refractivity contribution in [2.75, 3.05) is 5.43 Å². The van der Waals surface area contributed by atoms with Gasteiger partial charge in [-0.25, -0.2) is 20.2 Å². The van der Waals surface area contributed by atoms with Crippen molar-refractivity contribution in [3.8, 4) is 0 Å². The van der Waals surface area contributed by atoms with Crippen molar-refractivity contribution in [2.45, 2.75) is 26.2 Å². The number of nitrogen functional groups attached to an aromatic ring is 1. The first-order chi connectivity index (χ1) is 9.08. The third-order valence-corrected chi connectivity index (χ3v) is 2.78. The number of benzene rings is 1. The molecule has 2 aromatic rings. The molecule has 4 nitrogen and oxygen atoms in total. The highest BCUT2D eigenvalue weighted by atomic mass is 19.1. The summed E-state index contributed by atoms with van der Waals surface area (Å²) in [4.78, 5) is 8.77. The summed E-state index contributed by atoms with van der Waals surface area (Å²) in [5.74, 6) is 6.63. The fraction of sp³-hybridized carbons (Fsp3) is 0.286. The zero-order valence-electron chi connectivity index (χ0n) is 11.0. The fourth-order valence-corrected chi connectivity index (χ4v) is 1.80. The van der Waals surface area contributed by atoms with Gasteiger partial charge >= 0.3 is 0 Å². The van der Waals surface area contributed by atoms with E-state index in [-0.39, 0.29) is 11.7 Å². The first-order valence-corrected chi connectivity index (χ1v) is 6.17. The van der Waals surface area contributed by atoms with E-state index in [1.165, 1.54) is 12.1 Å². The molecule has 1 aromatic carbocycles. The van der Waals surface area contributed by atoms with E-state index in [1.54, 1.807) is 6.07 Å². The fourth-order valence-electron chi connectivity index (χ4n) is 1.80. The molecule has 0 aliphatic rings. The summed E-state index contributed by atoms with van der Waals surface area (Å²) in [6, 6.07) is 8.26. The quantitative estimate of drug-likeness (QED) is 0.655. The van der Waals surface area contributed by atoms with Crippen LogP contribution in [0.3, 0.4) is 0 Å². The second kappa shape index (κ2) is 5.75. The lowest BCUT2D eigenvalue weighted by molar-refractivity contribution is 0.625. The largest absolute Gasteiger partial charge is 0.308 e. The first kappa shape index (κ1) is 13.4. The number of hydrogen-bond donors (Lipinski definition) is 2. The number of nitrogens with two attached hydrogens (primary N) is 1. The number of nitrogens with zero attached hydrogens (tertiary/aromatic N) is 2. The van der Waals surface area contributed by atoms with Crippen molar-refractivity contribution in [1.82, 2.24) is 9.97 Å². The van der Waals surface area contributed by atoms with Crippen LogP contribution >= 0.6 is 0 Å². The van der Waals surface area contributed by atoms with Crippen LogP contribution in [0.5, 0.6) is 0 Å². The van der Waals surface area contributed by atoms with Crippen molar-refractivity contribution in [2.24, 2.45) is 5.84 Å². The van der Waals surface area contributed by atoms with Crippen LogP contribution in [0, 0.1) is 5.82 Å². The Morgan fingerprint density at radius 2 is 2.05 bits per heavy atom. The van der Waals surface area contributed by atoms with Crippen molar-refractivity contribution in [3.63, 3.8) is 0 Å². The van der Waals surface area contributed by atoms with Crippen LogP contribution < -0.4 is 11.3 Å². The number of rotatable bonds is 4. The van der Waals surface area contributed by atoms with Crippen molar-refractivity contribution >= 4 is 5.82 Å². The highest BCUT2D eigenvalue weighted by Crippen LogP contribution is 2.17. The third kappa shape index (κ3) is 3.48. The number of hydrazine groups is 1. The standard InChI is InChI=1S/C14H17FN4/c1-9(2)12-8-14(19-16)18-13(17-12)7-10-4-3-5-11(15)6-10/h3-6,8-9H,7,16H2,1-2H3,(H,17,18,19). The lowest BCUT2D eigenvalue weighted by Gasteiger charge is -2.10. The molecule has 0 unspecified atom stereocenters. The second-order valence-electron chi connectivity index (χ2n) is 4.70. The van der Waals surface area contributed by atoms with Gasteiger partial charge in [-0.05, 0) is 23.6 Å². The van der Waals surface area contributed by atoms with E-state index in [2.05, 4.69) is 29.2 Å². The minimum absolute atomic E-state index is 0.255. The maximum absolute atomic E-state index is 13.1. The number of halogens is 1. The normalized spacial score (nSPS) is 10.8. The Kier molecular flexibility index (Phi) is 4.06. The molecule has 1 aromatic heterocycles. The van der Waals surface area contributed by atoms with E-state index in [0.29, 0.717) is 18.1 Å². The predicted molar refractivity (Wildman–Crippen MR) is 73.1 cm³/mol. The van der Waals surface area contributed by atoms with Gasteiger partial charge in [-0.15, -0.1) is 0 Å². The van der Waals surface area contributed by atoms with Gasteiger partial charge in [0, 0.05) is 18.2 Å². The average molecular weight is 260 g/mol. The molecule has 0 aliphatic carbocycles. The molecule has 0 aliphatic heterocycles. The monoisotopic (exact) mass is 260 g/mol. The maximum Gasteiger partial charge on any atom is 0.143 e. The van der Waals surface area contributed by atoms with Crippen LogP contribution in [0.1, 0.15) is 36.8 Å². The molecule has 0 amide bonds. The minimum atomic E-state index is -0.255. The number of aromatic nitrogens is 2. The van der Waals surface area contributed by atoms with Gasteiger partial charge in [0.25, 0.3) is 0 Å². The van der Waals surface area contributed by atoms with Gasteiger partial charge in [-0.2, -0.15) is 0 Å². The Labute approximate surface area is 111 Å². The molecule has 0 spiro atoms. The van der Waals surface area contributed by atoms with Crippen LogP contribution in [0.2, 0.25) is 0 Å². The van der Waals surface area contributed by atoms with Crippen LogP contribution in [0.15, 0.2) is 30.3 Å². The lowest BCUT2D eigenvalue weighted by atomic mass is 10.1. The molecule has 3 N–H and O–H groups in total. The van der Waals surface area contributed by atoms with Crippen molar-refractivity contribution in [3.05, 3.63) is 53.2 Å². The Morgan fingerprint density at radius 1 is 1.26 bits per heavy atom. The highest BCUT2D eigenvalue weighted by Gasteiger charge is 2.08. The topological polar surface area (TPSA) is 63.8 Å². The van der Waals surface area contributed by atoms with Crippen molar-refractivity contribution in [1.29, 1.82) is 0 Å². The van der Waals surface area contributed by atoms with Crippen LogP contribution in [-0.4, -0.2) is 9.97 Å². The summed E-state index contributed by atoms with van der Waals surface area (Å²) < 4.78 is 13.1. The molecule has 100 valence electrons. The molecule has 0 fully saturated rings. The van der Waals surface area contributed by atoms with Crippen LogP contribution in [0.25, 0.3) is 0 Å². The minimum Gasteiger partial charge on any atom is -0.308 e. The Hall–Kier alpha value is -2.01. The summed E-state index contributed by atoms with van der Waals surface area (Å²) >= 11 is 0. The molecule has 0 saturated heterocycles. The lowest BCUT2D eigenvalue weighted by Crippen LogP contribution is -2.12. The van der Waals surface area contributed by atoms with E-state index in [4.69, 9.17) is 5.84 Å². The van der Waals surface area contributed by atoms with Crippen LogP contribution in [0.4, 0.5) is 10.2 Å². The summed E-state index contributed by atoms with van der Waals surface area (Å²) in [6.07, 6.45) is 0.479. The molecule has 0 radical (unpaired) electrons. The maximum atomic E-state index is 13.1. The zero-order valence-corrected chi connectivity index (χ0v) is 11.0. The van der Waals surface area contributed by atoms with E-state index < -0.39 is 0 Å². The van der Waals surface area contributed by atoms with Gasteiger partial charge in [0.2, 0.25) is 0 Å². The highest BCUT2D eigenvalue weighted by molar-refractivity contribution is 5.36. The molecule has 19 heavy (non-hydrogen) atoms. The third-order valence-electron chi connectivity index (χ3n) is 2.78. The number of nitrogens with one attached hydrogen (secondary N) is 1. The average Bonchev–Trinajstić information content (AvgIpc) is 2.38. The molecule has 0 saturated carbocycles. The molecule has 5 heteroatoms. The Balaban J connectivity index is 2.31. The smallest absolute Gasteiger partial charge is 0.143 e. The van der Waals surface area contributed by atoms with Gasteiger partial charge in [0.15, 0.2) is 0 Å². The molecule has 1 heterocycles. The van der Waals surface area contributed by atoms with E-state index >= 15 is 0 Å². The van der Waals surface area contributed by atoms with Gasteiger partial charge in [0.1, 0.15) is 17.5 Å². The van der Waals surface area contributed by atoms with Gasteiger partial charge in [0.05, 0.1) is 0 Å². The number of hydrogen-bond acceptors (Lipinski definition) is 4. The summed E-state index contributed by atoms with van der Waals surface area (Å²) in [5, 5.41) is 0. The summed E-state index contributed by atoms with van der Waals surface area (Å²) in [7, 11) is 0. The van der Waals surface area contributed by atoms with Gasteiger partial charge in [-0.3, -0.25) is 0 Å².